The van der Waals surface area contributed by atoms with E-state index < -0.39 is 5.97 Å². The first kappa shape index (κ1) is 13.2. The van der Waals surface area contributed by atoms with Crippen molar-refractivity contribution in [3.63, 3.8) is 0 Å². The minimum absolute atomic E-state index is 0.365. The van der Waals surface area contributed by atoms with Crippen molar-refractivity contribution >= 4 is 17.6 Å². The van der Waals surface area contributed by atoms with Crippen LogP contribution in [0.2, 0.25) is 5.15 Å². The summed E-state index contributed by atoms with van der Waals surface area (Å²) in [4.78, 5) is 15.7. The maximum atomic E-state index is 11.2. The molecule has 1 N–H and O–H groups in total. The van der Waals surface area contributed by atoms with Crippen LogP contribution < -0.4 is 0 Å². The molecule has 2 heterocycles. The van der Waals surface area contributed by atoms with Gasteiger partial charge in [-0.15, -0.1) is 0 Å². The van der Waals surface area contributed by atoms with Crippen LogP contribution in [0.1, 0.15) is 17.7 Å². The van der Waals surface area contributed by atoms with E-state index in [1.165, 1.54) is 0 Å². The van der Waals surface area contributed by atoms with Crippen LogP contribution in [0.25, 0.3) is 11.4 Å². The van der Waals surface area contributed by atoms with Crippen LogP contribution in [0.3, 0.4) is 0 Å². The van der Waals surface area contributed by atoms with E-state index in [9.17, 15) is 9.90 Å². The number of aromatic nitrogens is 2. The Hall–Kier alpha value is -1.81. The summed E-state index contributed by atoms with van der Waals surface area (Å²) in [5.41, 5.74) is 3.06. The molecule has 1 aromatic heterocycles. The van der Waals surface area contributed by atoms with Crippen molar-refractivity contribution in [1.82, 2.24) is 9.55 Å². The number of hydrogen-bond donors (Lipinski definition) is 1. The normalized spacial score (nSPS) is 17.8. The number of aryl methyl sites for hydroxylation is 1. The fourth-order valence-electron chi connectivity index (χ4n) is 2.75. The zero-order valence-electron chi connectivity index (χ0n) is 11.1. The van der Waals surface area contributed by atoms with Crippen molar-refractivity contribution in [2.45, 2.75) is 26.3 Å². The van der Waals surface area contributed by atoms with Gasteiger partial charge in [0.15, 0.2) is 5.15 Å². The predicted octanol–water partition coefficient (Wildman–Crippen LogP) is 3.16. The fourth-order valence-corrected chi connectivity index (χ4v) is 3.02. The lowest BCUT2D eigenvalue weighted by Crippen LogP contribution is -2.26. The summed E-state index contributed by atoms with van der Waals surface area (Å²) in [6.07, 6.45) is 1.28. The summed E-state index contributed by atoms with van der Waals surface area (Å²) in [6.45, 7) is 2.45. The lowest BCUT2D eigenvalue weighted by molar-refractivity contribution is -0.142. The van der Waals surface area contributed by atoms with Crippen LogP contribution in [-0.4, -0.2) is 20.6 Å². The Morgan fingerprint density at radius 3 is 2.90 bits per heavy atom. The number of benzene rings is 1. The molecule has 20 heavy (non-hydrogen) atoms. The number of hydrogen-bond acceptors (Lipinski definition) is 2. The highest BCUT2D eigenvalue weighted by Gasteiger charge is 2.29. The Morgan fingerprint density at radius 1 is 1.45 bits per heavy atom. The van der Waals surface area contributed by atoms with Crippen molar-refractivity contribution < 1.29 is 9.90 Å². The molecule has 1 aliphatic rings. The lowest BCUT2D eigenvalue weighted by Gasteiger charge is -2.23. The van der Waals surface area contributed by atoms with Crippen molar-refractivity contribution in [3.8, 4) is 11.4 Å². The van der Waals surface area contributed by atoms with Crippen LogP contribution in [-0.2, 0) is 17.8 Å². The Kier molecular flexibility index (Phi) is 3.26. The van der Waals surface area contributed by atoms with Gasteiger partial charge in [0.1, 0.15) is 5.82 Å². The number of aliphatic carboxylic acids is 1. The zero-order chi connectivity index (χ0) is 14.3. The largest absolute Gasteiger partial charge is 0.481 e. The standard InChI is InChI=1S/C15H15ClN2O2/c1-9-4-2-3-5-11(9)14-17-13(16)12-7-6-10(15(19)20)8-18(12)14/h2-5,10H,6-8H2,1H3,(H,19,20). The van der Waals surface area contributed by atoms with Crippen molar-refractivity contribution in [1.29, 1.82) is 0 Å². The van der Waals surface area contributed by atoms with Crippen molar-refractivity contribution in [2.24, 2.45) is 5.92 Å². The van der Waals surface area contributed by atoms with Crippen LogP contribution in [0.5, 0.6) is 0 Å². The second-order valence-electron chi connectivity index (χ2n) is 5.17. The maximum Gasteiger partial charge on any atom is 0.308 e. The van der Waals surface area contributed by atoms with Gasteiger partial charge >= 0.3 is 5.97 Å². The molecule has 0 bridgehead atoms. The molecule has 0 saturated carbocycles. The molecule has 1 unspecified atom stereocenters. The quantitative estimate of drug-likeness (QED) is 0.924. The van der Waals surface area contributed by atoms with Crippen LogP contribution >= 0.6 is 11.6 Å². The second kappa shape index (κ2) is 4.94. The number of carbonyl (C=O) groups is 1. The summed E-state index contributed by atoms with van der Waals surface area (Å²) >= 11 is 6.21. The predicted molar refractivity (Wildman–Crippen MR) is 76.9 cm³/mol. The van der Waals surface area contributed by atoms with E-state index in [0.717, 1.165) is 22.6 Å². The van der Waals surface area contributed by atoms with Crippen LogP contribution in [0.15, 0.2) is 24.3 Å². The first-order chi connectivity index (χ1) is 9.58. The van der Waals surface area contributed by atoms with Gasteiger partial charge in [0.05, 0.1) is 11.6 Å². The molecule has 2 aromatic rings. The summed E-state index contributed by atoms with van der Waals surface area (Å²) in [5, 5.41) is 9.71. The molecule has 104 valence electrons. The van der Waals surface area contributed by atoms with Gasteiger partial charge in [-0.05, 0) is 25.3 Å². The SMILES string of the molecule is Cc1ccccc1-c1nc(Cl)c2n1CC(C(=O)O)CC2. The molecular weight excluding hydrogens is 276 g/mol. The third kappa shape index (κ3) is 2.10. The number of carboxylic acids is 1. The summed E-state index contributed by atoms with van der Waals surface area (Å²) in [7, 11) is 0. The second-order valence-corrected chi connectivity index (χ2v) is 5.53. The van der Waals surface area contributed by atoms with Gasteiger partial charge < -0.3 is 9.67 Å². The fraction of sp³-hybridized carbons (Fsp3) is 0.333. The molecule has 0 amide bonds. The Labute approximate surface area is 122 Å². The molecular formula is C15H15ClN2O2. The molecule has 0 spiro atoms. The number of fused-ring (bicyclic) bond motifs is 1. The Morgan fingerprint density at radius 2 is 2.20 bits per heavy atom. The topological polar surface area (TPSA) is 55.1 Å². The first-order valence-electron chi connectivity index (χ1n) is 6.61. The van der Waals surface area contributed by atoms with Gasteiger partial charge in [-0.2, -0.15) is 0 Å². The zero-order valence-corrected chi connectivity index (χ0v) is 11.9. The van der Waals surface area contributed by atoms with E-state index in [-0.39, 0.29) is 5.92 Å². The first-order valence-corrected chi connectivity index (χ1v) is 6.99. The smallest absolute Gasteiger partial charge is 0.308 e. The lowest BCUT2D eigenvalue weighted by atomic mass is 9.98. The van der Waals surface area contributed by atoms with E-state index >= 15 is 0 Å². The molecule has 1 aromatic carbocycles. The molecule has 4 nitrogen and oxygen atoms in total. The average molecular weight is 291 g/mol. The number of carboxylic acid groups (broad SMARTS) is 1. The summed E-state index contributed by atoms with van der Waals surface area (Å²) in [6, 6.07) is 7.93. The van der Waals surface area contributed by atoms with Crippen molar-refractivity contribution in [2.75, 3.05) is 0 Å². The van der Waals surface area contributed by atoms with Gasteiger partial charge in [-0.3, -0.25) is 4.79 Å². The van der Waals surface area contributed by atoms with Crippen LogP contribution in [0.4, 0.5) is 0 Å². The number of nitrogens with zero attached hydrogens (tertiary/aromatic N) is 2. The highest BCUT2D eigenvalue weighted by molar-refractivity contribution is 6.30. The average Bonchev–Trinajstić information content (AvgIpc) is 2.76. The van der Waals surface area contributed by atoms with Gasteiger partial charge in [0, 0.05) is 12.1 Å². The minimum atomic E-state index is -0.754. The minimum Gasteiger partial charge on any atom is -0.481 e. The van der Waals surface area contributed by atoms with Crippen molar-refractivity contribution in [3.05, 3.63) is 40.7 Å². The summed E-state index contributed by atoms with van der Waals surface area (Å²) < 4.78 is 1.97. The molecule has 3 rings (SSSR count). The van der Waals surface area contributed by atoms with E-state index in [4.69, 9.17) is 11.6 Å². The van der Waals surface area contributed by atoms with Gasteiger partial charge in [0.25, 0.3) is 0 Å². The third-order valence-corrected chi connectivity index (χ3v) is 4.19. The maximum absolute atomic E-state index is 11.2. The highest BCUT2D eigenvalue weighted by atomic mass is 35.5. The monoisotopic (exact) mass is 290 g/mol. The summed E-state index contributed by atoms with van der Waals surface area (Å²) in [5.74, 6) is -0.346. The molecule has 0 fully saturated rings. The Balaban J connectivity index is 2.11. The molecule has 0 saturated heterocycles. The number of imidazole rings is 1. The highest BCUT2D eigenvalue weighted by Crippen LogP contribution is 2.33. The molecule has 1 aliphatic heterocycles. The number of rotatable bonds is 2. The number of halogens is 1. The van der Waals surface area contributed by atoms with Gasteiger partial charge in [0.2, 0.25) is 0 Å². The van der Waals surface area contributed by atoms with E-state index in [0.29, 0.717) is 24.5 Å². The Bertz CT molecular complexity index is 679. The van der Waals surface area contributed by atoms with Gasteiger partial charge in [-0.1, -0.05) is 35.9 Å². The molecule has 0 radical (unpaired) electrons. The molecule has 1 atom stereocenters. The van der Waals surface area contributed by atoms with E-state index in [1.807, 2.05) is 35.8 Å². The third-order valence-electron chi connectivity index (χ3n) is 3.89. The van der Waals surface area contributed by atoms with E-state index in [1.54, 1.807) is 0 Å². The van der Waals surface area contributed by atoms with Gasteiger partial charge in [-0.25, -0.2) is 4.98 Å². The molecule has 0 aliphatic carbocycles. The van der Waals surface area contributed by atoms with Crippen LogP contribution in [0, 0.1) is 12.8 Å². The van der Waals surface area contributed by atoms with E-state index in [2.05, 4.69) is 4.98 Å². The molecule has 5 heteroatoms.